The van der Waals surface area contributed by atoms with E-state index in [0.717, 1.165) is 18.2 Å². The normalized spacial score (nSPS) is 18.9. The van der Waals surface area contributed by atoms with Gasteiger partial charge in [0.15, 0.2) is 0 Å². The summed E-state index contributed by atoms with van der Waals surface area (Å²) < 4.78 is 18.5. The first-order valence-electron chi connectivity index (χ1n) is 5.93. The molecule has 0 aromatic heterocycles. The Morgan fingerprint density at radius 2 is 2.35 bits per heavy atom. The Morgan fingerprint density at radius 1 is 1.60 bits per heavy atom. The fraction of sp³-hybridized carbons (Fsp3) is 0.417. The third-order valence-corrected chi connectivity index (χ3v) is 3.41. The highest BCUT2D eigenvalue weighted by Gasteiger charge is 2.31. The lowest BCUT2D eigenvalue weighted by Crippen LogP contribution is -2.49. The summed E-state index contributed by atoms with van der Waals surface area (Å²) in [7, 11) is 0. The van der Waals surface area contributed by atoms with E-state index in [4.69, 9.17) is 16.3 Å². The Hall–Kier alpha value is -1.73. The fourth-order valence-electron chi connectivity index (χ4n) is 2.04. The molecule has 0 spiro atoms. The number of hydrogen-bond acceptors (Lipinski definition) is 4. The van der Waals surface area contributed by atoms with E-state index in [-0.39, 0.29) is 30.6 Å². The summed E-state index contributed by atoms with van der Waals surface area (Å²) in [6.07, 6.45) is 0. The molecule has 2 rings (SSSR count). The van der Waals surface area contributed by atoms with E-state index in [9.17, 15) is 19.3 Å². The van der Waals surface area contributed by atoms with Crippen molar-refractivity contribution in [2.75, 3.05) is 25.6 Å². The van der Waals surface area contributed by atoms with Crippen molar-refractivity contribution in [3.05, 3.63) is 39.7 Å². The third-order valence-electron chi connectivity index (χ3n) is 3.05. The molecule has 1 aliphatic heterocycles. The number of nitro groups is 1. The standard InChI is InChI=1S/C12H12ClFN2O4/c13-6-9-7-20-4-3-15(9)12(17)10-5-8(14)1-2-11(10)16(18)19/h1-2,5,9H,3-4,6-7H2. The summed E-state index contributed by atoms with van der Waals surface area (Å²) in [5.74, 6) is -1.16. The SMILES string of the molecule is O=C(c1cc(F)ccc1[N+](=O)[O-])N1CCOCC1CCl. The van der Waals surface area contributed by atoms with Crippen LogP contribution >= 0.6 is 11.6 Å². The van der Waals surface area contributed by atoms with Gasteiger partial charge in [0.05, 0.1) is 24.2 Å². The number of nitro benzene ring substituents is 1. The highest BCUT2D eigenvalue weighted by Crippen LogP contribution is 2.23. The second kappa shape index (κ2) is 6.15. The minimum Gasteiger partial charge on any atom is -0.377 e. The maximum Gasteiger partial charge on any atom is 0.282 e. The van der Waals surface area contributed by atoms with Crippen LogP contribution < -0.4 is 0 Å². The monoisotopic (exact) mass is 302 g/mol. The molecule has 1 atom stereocenters. The van der Waals surface area contributed by atoms with E-state index in [0.29, 0.717) is 6.61 Å². The topological polar surface area (TPSA) is 72.7 Å². The molecule has 1 aromatic rings. The predicted molar refractivity (Wildman–Crippen MR) is 69.4 cm³/mol. The van der Waals surface area contributed by atoms with Crippen molar-refractivity contribution in [3.8, 4) is 0 Å². The molecule has 20 heavy (non-hydrogen) atoms. The lowest BCUT2D eigenvalue weighted by molar-refractivity contribution is -0.385. The Kier molecular flexibility index (Phi) is 4.51. The molecule has 1 unspecified atom stereocenters. The van der Waals surface area contributed by atoms with Crippen LogP contribution in [0.25, 0.3) is 0 Å². The predicted octanol–water partition coefficient (Wildman–Crippen LogP) is 1.81. The van der Waals surface area contributed by atoms with Gasteiger partial charge in [0.2, 0.25) is 0 Å². The lowest BCUT2D eigenvalue weighted by Gasteiger charge is -2.34. The summed E-state index contributed by atoms with van der Waals surface area (Å²) >= 11 is 5.76. The largest absolute Gasteiger partial charge is 0.377 e. The number of benzene rings is 1. The van der Waals surface area contributed by atoms with Crippen LogP contribution in [0.5, 0.6) is 0 Å². The van der Waals surface area contributed by atoms with E-state index in [2.05, 4.69) is 0 Å². The van der Waals surface area contributed by atoms with Crippen LogP contribution in [0, 0.1) is 15.9 Å². The molecule has 0 bridgehead atoms. The number of nitrogens with zero attached hydrogens (tertiary/aromatic N) is 2. The average molecular weight is 303 g/mol. The highest BCUT2D eigenvalue weighted by atomic mass is 35.5. The van der Waals surface area contributed by atoms with E-state index < -0.39 is 22.3 Å². The number of halogens is 2. The van der Waals surface area contributed by atoms with Crippen LogP contribution in [0.1, 0.15) is 10.4 Å². The van der Waals surface area contributed by atoms with Gasteiger partial charge in [0.1, 0.15) is 11.4 Å². The Balaban J connectivity index is 2.36. The zero-order valence-electron chi connectivity index (χ0n) is 10.4. The maximum absolute atomic E-state index is 13.3. The first-order chi connectivity index (χ1) is 9.54. The molecule has 1 aromatic carbocycles. The smallest absolute Gasteiger partial charge is 0.282 e. The summed E-state index contributed by atoms with van der Waals surface area (Å²) in [6.45, 7) is 0.852. The van der Waals surface area contributed by atoms with Gasteiger partial charge in [-0.2, -0.15) is 0 Å². The number of rotatable bonds is 3. The van der Waals surface area contributed by atoms with Gasteiger partial charge < -0.3 is 9.64 Å². The van der Waals surface area contributed by atoms with Crippen LogP contribution in [0.15, 0.2) is 18.2 Å². The molecule has 0 N–H and O–H groups in total. The van der Waals surface area contributed by atoms with E-state index in [1.165, 1.54) is 4.90 Å². The lowest BCUT2D eigenvalue weighted by atomic mass is 10.1. The summed E-state index contributed by atoms with van der Waals surface area (Å²) in [4.78, 5) is 24.0. The Labute approximate surface area is 119 Å². The van der Waals surface area contributed by atoms with Crippen LogP contribution in [-0.2, 0) is 4.74 Å². The van der Waals surface area contributed by atoms with Crippen LogP contribution in [0.4, 0.5) is 10.1 Å². The van der Waals surface area contributed by atoms with Gasteiger partial charge in [-0.3, -0.25) is 14.9 Å². The van der Waals surface area contributed by atoms with Crippen LogP contribution in [0.2, 0.25) is 0 Å². The number of amides is 1. The molecule has 0 saturated carbocycles. The quantitative estimate of drug-likeness (QED) is 0.485. The number of morpholine rings is 1. The number of carbonyl (C=O) groups is 1. The minimum absolute atomic E-state index is 0.148. The fourth-order valence-corrected chi connectivity index (χ4v) is 2.30. The van der Waals surface area contributed by atoms with Crippen molar-refractivity contribution in [2.24, 2.45) is 0 Å². The molecular formula is C12H12ClFN2O4. The molecule has 1 amide bonds. The number of alkyl halides is 1. The van der Waals surface area contributed by atoms with Crippen molar-refractivity contribution < 1.29 is 18.8 Å². The van der Waals surface area contributed by atoms with Gasteiger partial charge in [-0.05, 0) is 12.1 Å². The third kappa shape index (κ3) is 2.88. The number of ether oxygens (including phenoxy) is 1. The molecular weight excluding hydrogens is 291 g/mol. The molecule has 1 heterocycles. The summed E-state index contributed by atoms with van der Waals surface area (Å²) in [5, 5.41) is 10.9. The molecule has 8 heteroatoms. The van der Waals surface area contributed by atoms with Gasteiger partial charge in [-0.1, -0.05) is 0 Å². The molecule has 1 aliphatic rings. The van der Waals surface area contributed by atoms with Crippen LogP contribution in [0.3, 0.4) is 0 Å². The maximum atomic E-state index is 13.3. The zero-order chi connectivity index (χ0) is 14.7. The van der Waals surface area contributed by atoms with Gasteiger partial charge in [0.25, 0.3) is 11.6 Å². The van der Waals surface area contributed by atoms with Crippen molar-refractivity contribution in [3.63, 3.8) is 0 Å². The molecule has 0 radical (unpaired) electrons. The second-order valence-electron chi connectivity index (χ2n) is 4.30. The minimum atomic E-state index is -0.706. The van der Waals surface area contributed by atoms with E-state index in [1.807, 2.05) is 0 Å². The number of carbonyl (C=O) groups excluding carboxylic acids is 1. The van der Waals surface area contributed by atoms with Crippen LogP contribution in [-0.4, -0.2) is 47.4 Å². The molecule has 0 aliphatic carbocycles. The van der Waals surface area contributed by atoms with Gasteiger partial charge >= 0.3 is 0 Å². The van der Waals surface area contributed by atoms with Gasteiger partial charge in [-0.25, -0.2) is 4.39 Å². The van der Waals surface area contributed by atoms with Gasteiger partial charge in [0, 0.05) is 18.5 Å². The average Bonchev–Trinajstić information content (AvgIpc) is 2.46. The Morgan fingerprint density at radius 3 is 3.00 bits per heavy atom. The molecule has 108 valence electrons. The van der Waals surface area contributed by atoms with Crippen molar-refractivity contribution >= 4 is 23.2 Å². The highest BCUT2D eigenvalue weighted by molar-refractivity contribution is 6.18. The first kappa shape index (κ1) is 14.7. The molecule has 6 nitrogen and oxygen atoms in total. The second-order valence-corrected chi connectivity index (χ2v) is 4.61. The van der Waals surface area contributed by atoms with Crippen molar-refractivity contribution in [2.45, 2.75) is 6.04 Å². The Bertz CT molecular complexity index is 540. The van der Waals surface area contributed by atoms with E-state index in [1.54, 1.807) is 0 Å². The molecule has 1 saturated heterocycles. The first-order valence-corrected chi connectivity index (χ1v) is 6.46. The molecule has 1 fully saturated rings. The van der Waals surface area contributed by atoms with Crippen molar-refractivity contribution in [1.29, 1.82) is 0 Å². The summed E-state index contributed by atoms with van der Waals surface area (Å²) in [5.41, 5.74) is -0.691. The van der Waals surface area contributed by atoms with Gasteiger partial charge in [-0.15, -0.1) is 11.6 Å². The zero-order valence-corrected chi connectivity index (χ0v) is 11.2. The number of hydrogen-bond donors (Lipinski definition) is 0. The van der Waals surface area contributed by atoms with E-state index >= 15 is 0 Å². The van der Waals surface area contributed by atoms with Crippen molar-refractivity contribution in [1.82, 2.24) is 4.90 Å². The summed E-state index contributed by atoms with van der Waals surface area (Å²) in [6, 6.07) is 2.44.